The van der Waals surface area contributed by atoms with Gasteiger partial charge >= 0.3 is 0 Å². The number of nitrogens with zero attached hydrogens (tertiary/aromatic N) is 1. The molecular weight excluding hydrogens is 342 g/mol. The quantitative estimate of drug-likeness (QED) is 0.607. The molecule has 0 aromatic heterocycles. The molecule has 0 unspecified atom stereocenters. The average molecular weight is 365 g/mol. The third-order valence-electron chi connectivity index (χ3n) is 4.40. The summed E-state index contributed by atoms with van der Waals surface area (Å²) in [5.41, 5.74) is 5.68. The highest BCUT2D eigenvalue weighted by Crippen LogP contribution is 2.24. The van der Waals surface area contributed by atoms with Crippen LogP contribution in [0.15, 0.2) is 47.6 Å². The third-order valence-corrected chi connectivity index (χ3v) is 4.40. The minimum Gasteiger partial charge on any atom is -0.385 e. The Labute approximate surface area is 158 Å². The minimum atomic E-state index is -0.245. The number of aryl methyl sites for hydroxylation is 2. The van der Waals surface area contributed by atoms with Crippen molar-refractivity contribution in [1.82, 2.24) is 0 Å². The first-order valence-electron chi connectivity index (χ1n) is 8.97. The van der Waals surface area contributed by atoms with Crippen LogP contribution in [0.2, 0.25) is 0 Å². The van der Waals surface area contributed by atoms with Gasteiger partial charge in [-0.2, -0.15) is 0 Å². The van der Waals surface area contributed by atoms with Crippen LogP contribution in [0.25, 0.3) is 0 Å². The Morgan fingerprint density at radius 2 is 1.67 bits per heavy atom. The summed E-state index contributed by atoms with van der Waals surface area (Å²) in [6, 6.07) is 13.3. The van der Waals surface area contributed by atoms with E-state index in [0.717, 1.165) is 24.1 Å². The van der Waals surface area contributed by atoms with Crippen LogP contribution in [0.5, 0.6) is 0 Å². The summed E-state index contributed by atoms with van der Waals surface area (Å²) in [6.07, 6.45) is 3.36. The maximum atomic E-state index is 12.0. The molecule has 2 aromatic carbocycles. The summed E-state index contributed by atoms with van der Waals surface area (Å²) >= 11 is 0. The largest absolute Gasteiger partial charge is 0.385 e. The summed E-state index contributed by atoms with van der Waals surface area (Å²) in [6.45, 7) is 3.10. The molecule has 0 aliphatic heterocycles. The number of rotatable bonds is 6. The second kappa shape index (κ2) is 8.49. The van der Waals surface area contributed by atoms with E-state index in [2.05, 4.69) is 21.9 Å². The number of nitrogens with one attached hydrogen (secondary N) is 2. The van der Waals surface area contributed by atoms with E-state index in [1.807, 2.05) is 24.3 Å². The third kappa shape index (κ3) is 5.17. The Kier molecular flexibility index (Phi) is 5.86. The fourth-order valence-corrected chi connectivity index (χ4v) is 3.09. The Bertz CT molecular complexity index is 873. The molecule has 3 rings (SSSR count). The van der Waals surface area contributed by atoms with Crippen LogP contribution in [0.4, 0.5) is 11.4 Å². The van der Waals surface area contributed by atoms with Crippen molar-refractivity contribution >= 4 is 28.9 Å². The number of amides is 2. The lowest BCUT2D eigenvalue weighted by Gasteiger charge is -2.07. The highest BCUT2D eigenvalue weighted by Gasteiger charge is 2.12. The molecule has 2 amide bonds. The fraction of sp³-hybridized carbons (Fsp3) is 0.286. The zero-order valence-electron chi connectivity index (χ0n) is 15.5. The van der Waals surface area contributed by atoms with Gasteiger partial charge in [-0.1, -0.05) is 23.4 Å². The van der Waals surface area contributed by atoms with Crippen molar-refractivity contribution in [2.75, 3.05) is 17.2 Å². The summed E-state index contributed by atoms with van der Waals surface area (Å²) in [5.74, 6) is -0.364. The first-order valence-corrected chi connectivity index (χ1v) is 8.97. The van der Waals surface area contributed by atoms with E-state index in [4.69, 9.17) is 4.84 Å². The van der Waals surface area contributed by atoms with Crippen LogP contribution in [-0.4, -0.2) is 24.1 Å². The Hall–Kier alpha value is -3.15. The van der Waals surface area contributed by atoms with E-state index in [9.17, 15) is 9.59 Å². The van der Waals surface area contributed by atoms with E-state index in [0.29, 0.717) is 11.4 Å². The van der Waals surface area contributed by atoms with Crippen LogP contribution in [-0.2, 0) is 27.3 Å². The molecule has 27 heavy (non-hydrogen) atoms. The lowest BCUT2D eigenvalue weighted by atomic mass is 10.1. The van der Waals surface area contributed by atoms with Gasteiger partial charge < -0.3 is 15.5 Å². The van der Waals surface area contributed by atoms with E-state index < -0.39 is 0 Å². The summed E-state index contributed by atoms with van der Waals surface area (Å²) in [7, 11) is 0. The summed E-state index contributed by atoms with van der Waals surface area (Å²) in [5, 5.41) is 9.53. The molecule has 140 valence electrons. The number of benzene rings is 2. The molecule has 0 saturated heterocycles. The van der Waals surface area contributed by atoms with Gasteiger partial charge in [0.1, 0.15) is 0 Å². The second-order valence-electron chi connectivity index (χ2n) is 6.59. The molecule has 0 spiro atoms. The van der Waals surface area contributed by atoms with Crippen LogP contribution < -0.4 is 10.6 Å². The maximum Gasteiger partial charge on any atom is 0.265 e. The van der Waals surface area contributed by atoms with Gasteiger partial charge in [-0.3, -0.25) is 9.59 Å². The standard InChI is InChI=1S/C21H23N3O3/c1-14(16-6-9-19(10-7-16)22-15(2)25)24-27-13-21(26)23-20-11-8-17-4-3-5-18(17)12-20/h6-12H,3-5,13H2,1-2H3,(H,22,25)(H,23,26)/b24-14+. The van der Waals surface area contributed by atoms with Gasteiger partial charge in [0.15, 0.2) is 6.61 Å². The number of hydrogen-bond donors (Lipinski definition) is 2. The molecule has 0 radical (unpaired) electrons. The van der Waals surface area contributed by atoms with Gasteiger partial charge in [-0.05, 0) is 67.1 Å². The zero-order valence-corrected chi connectivity index (χ0v) is 15.5. The normalized spacial score (nSPS) is 13.0. The molecule has 6 nitrogen and oxygen atoms in total. The molecule has 1 aliphatic carbocycles. The zero-order chi connectivity index (χ0) is 19.2. The van der Waals surface area contributed by atoms with Gasteiger partial charge in [0.25, 0.3) is 5.91 Å². The lowest BCUT2D eigenvalue weighted by Crippen LogP contribution is -2.17. The first kappa shape index (κ1) is 18.6. The number of anilines is 2. The Balaban J connectivity index is 1.50. The molecule has 0 atom stereocenters. The van der Waals surface area contributed by atoms with Crippen LogP contribution in [0, 0.1) is 0 Å². The van der Waals surface area contributed by atoms with E-state index in [-0.39, 0.29) is 18.4 Å². The second-order valence-corrected chi connectivity index (χ2v) is 6.59. The predicted molar refractivity (Wildman–Crippen MR) is 106 cm³/mol. The number of carbonyl (C=O) groups excluding carboxylic acids is 2. The van der Waals surface area contributed by atoms with Crippen molar-refractivity contribution in [1.29, 1.82) is 0 Å². The number of hydrogen-bond acceptors (Lipinski definition) is 4. The summed E-state index contributed by atoms with van der Waals surface area (Å²) in [4.78, 5) is 28.2. The molecule has 1 aliphatic rings. The lowest BCUT2D eigenvalue weighted by molar-refractivity contribution is -0.120. The smallest absolute Gasteiger partial charge is 0.265 e. The number of fused-ring (bicyclic) bond motifs is 1. The molecule has 0 fully saturated rings. The molecule has 0 bridgehead atoms. The maximum absolute atomic E-state index is 12.0. The molecular formula is C21H23N3O3. The Morgan fingerprint density at radius 1 is 0.963 bits per heavy atom. The Morgan fingerprint density at radius 3 is 2.41 bits per heavy atom. The van der Waals surface area contributed by atoms with Crippen molar-refractivity contribution in [3.8, 4) is 0 Å². The molecule has 2 N–H and O–H groups in total. The van der Waals surface area contributed by atoms with Crippen LogP contribution >= 0.6 is 0 Å². The van der Waals surface area contributed by atoms with Gasteiger partial charge in [0.05, 0.1) is 5.71 Å². The van der Waals surface area contributed by atoms with Crippen molar-refractivity contribution in [3.05, 3.63) is 59.2 Å². The first-order chi connectivity index (χ1) is 13.0. The van der Waals surface area contributed by atoms with Crippen molar-refractivity contribution in [2.45, 2.75) is 33.1 Å². The van der Waals surface area contributed by atoms with Gasteiger partial charge in [0, 0.05) is 18.3 Å². The van der Waals surface area contributed by atoms with Crippen LogP contribution in [0.1, 0.15) is 37.0 Å². The van der Waals surface area contributed by atoms with E-state index >= 15 is 0 Å². The van der Waals surface area contributed by atoms with Crippen LogP contribution in [0.3, 0.4) is 0 Å². The van der Waals surface area contributed by atoms with Crippen molar-refractivity contribution in [3.63, 3.8) is 0 Å². The average Bonchev–Trinajstić information content (AvgIpc) is 3.09. The van der Waals surface area contributed by atoms with Gasteiger partial charge in [-0.25, -0.2) is 0 Å². The topological polar surface area (TPSA) is 79.8 Å². The fourth-order valence-electron chi connectivity index (χ4n) is 3.09. The molecule has 2 aromatic rings. The molecule has 0 heterocycles. The summed E-state index contributed by atoms with van der Waals surface area (Å²) < 4.78 is 0. The minimum absolute atomic E-state index is 0.120. The number of carbonyl (C=O) groups is 2. The van der Waals surface area contributed by atoms with E-state index in [1.54, 1.807) is 19.1 Å². The van der Waals surface area contributed by atoms with Crippen molar-refractivity contribution in [2.24, 2.45) is 5.16 Å². The molecule has 0 saturated carbocycles. The monoisotopic (exact) mass is 365 g/mol. The highest BCUT2D eigenvalue weighted by atomic mass is 16.6. The van der Waals surface area contributed by atoms with Gasteiger partial charge in [-0.15, -0.1) is 0 Å². The molecule has 6 heteroatoms. The number of oxime groups is 1. The van der Waals surface area contributed by atoms with Crippen molar-refractivity contribution < 1.29 is 14.4 Å². The van der Waals surface area contributed by atoms with Gasteiger partial charge in [0.2, 0.25) is 5.91 Å². The SMILES string of the molecule is CC(=O)Nc1ccc(/C(C)=N/OCC(=O)Nc2ccc3c(c2)CCC3)cc1. The van der Waals surface area contributed by atoms with E-state index in [1.165, 1.54) is 24.5 Å². The predicted octanol–water partition coefficient (Wildman–Crippen LogP) is 3.51. The highest BCUT2D eigenvalue weighted by molar-refractivity contribution is 5.99.